The molecule has 1 aromatic carbocycles. The van der Waals surface area contributed by atoms with E-state index in [0.29, 0.717) is 32.4 Å². The molecule has 0 radical (unpaired) electrons. The minimum Gasteiger partial charge on any atom is -0.381 e. The number of benzene rings is 1. The Morgan fingerprint density at radius 1 is 1.43 bits per heavy atom. The van der Waals surface area contributed by atoms with Crippen LogP contribution in [0.3, 0.4) is 0 Å². The number of nitrogens with zero attached hydrogens (tertiary/aromatic N) is 1. The third-order valence-electron chi connectivity index (χ3n) is 3.66. The number of likely N-dealkylation sites (tertiary alicyclic amines) is 1. The number of nitrogens with one attached hydrogen (secondary N) is 1. The van der Waals surface area contributed by atoms with Gasteiger partial charge in [0.15, 0.2) is 0 Å². The van der Waals surface area contributed by atoms with Crippen molar-refractivity contribution in [1.29, 1.82) is 0 Å². The number of alkyl halides is 3. The number of carbonyl (C=O) groups is 1. The molecule has 1 aliphatic rings. The molecule has 1 fully saturated rings. The molecule has 1 N–H and O–H groups in total. The van der Waals surface area contributed by atoms with E-state index in [1.807, 2.05) is 6.92 Å². The number of anilines is 1. The molecule has 0 aromatic heterocycles. The highest BCUT2D eigenvalue weighted by Gasteiger charge is 2.35. The smallest absolute Gasteiger partial charge is 0.381 e. The number of hydrogen-bond donors (Lipinski definition) is 1. The molecule has 23 heavy (non-hydrogen) atoms. The summed E-state index contributed by atoms with van der Waals surface area (Å²) in [4.78, 5) is 13.5. The summed E-state index contributed by atoms with van der Waals surface area (Å²) in [6, 6.07) is 1.55. The molecule has 0 spiro atoms. The van der Waals surface area contributed by atoms with Crippen molar-refractivity contribution in [3.05, 3.63) is 29.6 Å². The van der Waals surface area contributed by atoms with E-state index >= 15 is 0 Å². The van der Waals surface area contributed by atoms with Gasteiger partial charge in [-0.15, -0.1) is 0 Å². The second kappa shape index (κ2) is 7.16. The van der Waals surface area contributed by atoms with E-state index < -0.39 is 29.3 Å². The molecule has 2 amide bonds. The topological polar surface area (TPSA) is 41.6 Å². The predicted molar refractivity (Wildman–Crippen MR) is 76.6 cm³/mol. The van der Waals surface area contributed by atoms with Gasteiger partial charge >= 0.3 is 12.2 Å². The quantitative estimate of drug-likeness (QED) is 0.853. The Hall–Kier alpha value is -1.83. The number of carbonyl (C=O) groups excluding carboxylic acids is 1. The summed E-state index contributed by atoms with van der Waals surface area (Å²) in [7, 11) is 0. The van der Waals surface area contributed by atoms with Crippen LogP contribution in [0.1, 0.15) is 18.9 Å². The summed E-state index contributed by atoms with van der Waals surface area (Å²) < 4.78 is 57.1. The molecule has 1 saturated heterocycles. The second-order valence-electron chi connectivity index (χ2n) is 5.38. The molecular formula is C15H18F4N2O2. The third kappa shape index (κ3) is 4.57. The van der Waals surface area contributed by atoms with Crippen LogP contribution in [-0.4, -0.2) is 37.2 Å². The van der Waals surface area contributed by atoms with Crippen LogP contribution in [0.4, 0.5) is 28.0 Å². The minimum atomic E-state index is -4.74. The van der Waals surface area contributed by atoms with Crippen molar-refractivity contribution in [2.75, 3.05) is 31.6 Å². The summed E-state index contributed by atoms with van der Waals surface area (Å²) in [5.74, 6) is -0.829. The summed E-state index contributed by atoms with van der Waals surface area (Å²) in [5.41, 5.74) is -1.65. The van der Waals surface area contributed by atoms with E-state index in [1.165, 1.54) is 4.90 Å². The standard InChI is InChI=1S/C15H18F4N2O2/c1-2-23-9-10-5-6-21(8-10)14(22)20-13-4-3-11(16)7-12(13)15(17,18)19/h3-4,7,10H,2,5-6,8-9H2,1H3,(H,20,22)/t10-/m0/s1. The van der Waals surface area contributed by atoms with Crippen LogP contribution < -0.4 is 5.32 Å². The molecule has 4 nitrogen and oxygen atoms in total. The van der Waals surface area contributed by atoms with Crippen molar-refractivity contribution in [3.8, 4) is 0 Å². The molecule has 1 atom stereocenters. The number of amides is 2. The average molecular weight is 334 g/mol. The van der Waals surface area contributed by atoms with Crippen molar-refractivity contribution in [2.24, 2.45) is 5.92 Å². The van der Waals surface area contributed by atoms with Crippen LogP contribution in [0.15, 0.2) is 18.2 Å². The highest BCUT2D eigenvalue weighted by molar-refractivity contribution is 5.90. The average Bonchev–Trinajstić information content (AvgIpc) is 2.95. The zero-order valence-electron chi connectivity index (χ0n) is 12.6. The number of ether oxygens (including phenoxy) is 1. The summed E-state index contributed by atoms with van der Waals surface area (Å²) in [6.45, 7) is 3.84. The van der Waals surface area contributed by atoms with E-state index in [9.17, 15) is 22.4 Å². The number of urea groups is 1. The Balaban J connectivity index is 2.04. The van der Waals surface area contributed by atoms with Crippen LogP contribution >= 0.6 is 0 Å². The van der Waals surface area contributed by atoms with Crippen molar-refractivity contribution in [2.45, 2.75) is 19.5 Å². The Morgan fingerprint density at radius 3 is 2.83 bits per heavy atom. The molecule has 8 heteroatoms. The van der Waals surface area contributed by atoms with Crippen LogP contribution in [0.25, 0.3) is 0 Å². The van der Waals surface area contributed by atoms with E-state index in [0.717, 1.165) is 18.6 Å². The van der Waals surface area contributed by atoms with Gasteiger partial charge in [-0.3, -0.25) is 0 Å². The fourth-order valence-electron chi connectivity index (χ4n) is 2.49. The van der Waals surface area contributed by atoms with E-state index in [1.54, 1.807) is 0 Å². The first-order valence-corrected chi connectivity index (χ1v) is 7.31. The lowest BCUT2D eigenvalue weighted by molar-refractivity contribution is -0.137. The molecule has 0 bridgehead atoms. The van der Waals surface area contributed by atoms with E-state index in [4.69, 9.17) is 4.74 Å². The van der Waals surface area contributed by atoms with Gasteiger partial charge < -0.3 is 15.0 Å². The first kappa shape index (κ1) is 17.5. The first-order chi connectivity index (χ1) is 10.8. The molecule has 1 aliphatic heterocycles. The summed E-state index contributed by atoms with van der Waals surface area (Å²) in [6.07, 6.45) is -4.00. The lowest BCUT2D eigenvalue weighted by atomic mass is 10.1. The van der Waals surface area contributed by atoms with Gasteiger partial charge in [0.25, 0.3) is 0 Å². The molecule has 2 rings (SSSR count). The zero-order chi connectivity index (χ0) is 17.0. The van der Waals surface area contributed by atoms with Gasteiger partial charge in [-0.25, -0.2) is 9.18 Å². The maximum Gasteiger partial charge on any atom is 0.418 e. The first-order valence-electron chi connectivity index (χ1n) is 7.31. The van der Waals surface area contributed by atoms with Gasteiger partial charge in [0, 0.05) is 25.6 Å². The molecule has 0 aliphatic carbocycles. The normalized spacial score (nSPS) is 18.3. The van der Waals surface area contributed by atoms with Gasteiger partial charge in [0.2, 0.25) is 0 Å². The molecule has 1 aromatic rings. The van der Waals surface area contributed by atoms with Gasteiger partial charge in [-0.1, -0.05) is 0 Å². The molecule has 128 valence electrons. The van der Waals surface area contributed by atoms with Crippen LogP contribution in [0.2, 0.25) is 0 Å². The fraction of sp³-hybridized carbons (Fsp3) is 0.533. The van der Waals surface area contributed by atoms with Crippen molar-refractivity contribution < 1.29 is 27.1 Å². The molecule has 0 saturated carbocycles. The highest BCUT2D eigenvalue weighted by Crippen LogP contribution is 2.35. The van der Waals surface area contributed by atoms with Crippen LogP contribution in [-0.2, 0) is 10.9 Å². The molecular weight excluding hydrogens is 316 g/mol. The zero-order valence-corrected chi connectivity index (χ0v) is 12.6. The Labute approximate surface area is 131 Å². The molecule has 1 heterocycles. The van der Waals surface area contributed by atoms with Gasteiger partial charge in [-0.2, -0.15) is 13.2 Å². The monoisotopic (exact) mass is 334 g/mol. The lowest BCUT2D eigenvalue weighted by Crippen LogP contribution is -2.34. The number of hydrogen-bond acceptors (Lipinski definition) is 2. The summed E-state index contributed by atoms with van der Waals surface area (Å²) in [5, 5.41) is 2.22. The van der Waals surface area contributed by atoms with Crippen molar-refractivity contribution in [1.82, 2.24) is 4.90 Å². The SMILES string of the molecule is CCOC[C@H]1CCN(C(=O)Nc2ccc(F)cc2C(F)(F)F)C1. The van der Waals surface area contributed by atoms with Crippen molar-refractivity contribution >= 4 is 11.7 Å². The maximum atomic E-state index is 13.0. The largest absolute Gasteiger partial charge is 0.418 e. The summed E-state index contributed by atoms with van der Waals surface area (Å²) >= 11 is 0. The molecule has 0 unspecified atom stereocenters. The maximum absolute atomic E-state index is 13.0. The number of halogens is 4. The lowest BCUT2D eigenvalue weighted by Gasteiger charge is -2.19. The second-order valence-corrected chi connectivity index (χ2v) is 5.38. The Morgan fingerprint density at radius 2 is 2.17 bits per heavy atom. The highest BCUT2D eigenvalue weighted by atomic mass is 19.4. The van der Waals surface area contributed by atoms with Gasteiger partial charge in [-0.05, 0) is 31.5 Å². The van der Waals surface area contributed by atoms with Gasteiger partial charge in [0.1, 0.15) is 5.82 Å². The number of rotatable bonds is 4. The third-order valence-corrected chi connectivity index (χ3v) is 3.66. The van der Waals surface area contributed by atoms with Gasteiger partial charge in [0.05, 0.1) is 17.9 Å². The Kier molecular flexibility index (Phi) is 5.46. The van der Waals surface area contributed by atoms with E-state index in [-0.39, 0.29) is 5.92 Å². The van der Waals surface area contributed by atoms with Crippen LogP contribution in [0.5, 0.6) is 0 Å². The van der Waals surface area contributed by atoms with E-state index in [2.05, 4.69) is 5.32 Å². The predicted octanol–water partition coefficient (Wildman–Crippen LogP) is 3.73. The Bertz CT molecular complexity index is 563. The van der Waals surface area contributed by atoms with Crippen molar-refractivity contribution in [3.63, 3.8) is 0 Å². The van der Waals surface area contributed by atoms with Crippen LogP contribution in [0, 0.1) is 11.7 Å². The minimum absolute atomic E-state index is 0.177. The fourth-order valence-corrected chi connectivity index (χ4v) is 2.49.